The Morgan fingerprint density at radius 3 is 2.55 bits per heavy atom. The first kappa shape index (κ1) is 30.5. The summed E-state index contributed by atoms with van der Waals surface area (Å²) >= 11 is 0. The molecule has 40 heavy (non-hydrogen) atoms. The van der Waals surface area contributed by atoms with Crippen LogP contribution >= 0.6 is 0 Å². The van der Waals surface area contributed by atoms with Gasteiger partial charge in [0.2, 0.25) is 10.0 Å². The van der Waals surface area contributed by atoms with E-state index in [0.29, 0.717) is 36.5 Å². The molecule has 1 atom stereocenters. The molecule has 2 aromatic carbocycles. The van der Waals surface area contributed by atoms with Crippen molar-refractivity contribution in [3.8, 4) is 11.8 Å². The molecule has 10 nitrogen and oxygen atoms in total. The number of hydrogen-bond acceptors (Lipinski definition) is 8. The van der Waals surface area contributed by atoms with Crippen LogP contribution < -0.4 is 9.04 Å². The van der Waals surface area contributed by atoms with Gasteiger partial charge in [-0.15, -0.1) is 0 Å². The van der Waals surface area contributed by atoms with Crippen molar-refractivity contribution in [2.75, 3.05) is 36.3 Å². The smallest absolute Gasteiger partial charge is 0.410 e. The second-order valence-corrected chi connectivity index (χ2v) is 12.1. The molecule has 2 aromatic rings. The molecule has 1 aliphatic heterocycles. The number of benzene rings is 2. The molecule has 0 saturated carbocycles. The van der Waals surface area contributed by atoms with Crippen LogP contribution in [0.15, 0.2) is 54.6 Å². The summed E-state index contributed by atoms with van der Waals surface area (Å²) in [6, 6.07) is 15.5. The second-order valence-electron chi connectivity index (χ2n) is 10.2. The Morgan fingerprint density at radius 2 is 1.90 bits per heavy atom. The van der Waals surface area contributed by atoms with E-state index >= 15 is 0 Å². The maximum Gasteiger partial charge on any atom is 0.410 e. The molecular weight excluding hydrogens is 534 g/mol. The van der Waals surface area contributed by atoms with E-state index in [1.807, 2.05) is 20.8 Å². The van der Waals surface area contributed by atoms with E-state index in [2.05, 4.69) is 6.07 Å². The normalized spacial score (nSPS) is 15.5. The predicted molar refractivity (Wildman–Crippen MR) is 151 cm³/mol. The summed E-state index contributed by atoms with van der Waals surface area (Å²) in [4.78, 5) is 26.0. The van der Waals surface area contributed by atoms with Crippen LogP contribution in [-0.4, -0.2) is 69.1 Å². The Labute approximate surface area is 235 Å². The Kier molecular flexibility index (Phi) is 10.2. The van der Waals surface area contributed by atoms with Gasteiger partial charge in [-0.25, -0.2) is 13.2 Å². The number of sulfonamides is 1. The molecule has 3 rings (SSSR count). The summed E-state index contributed by atoms with van der Waals surface area (Å²) in [5.41, 5.74) is 0.985. The number of esters is 1. The highest BCUT2D eigenvalue weighted by atomic mass is 32.2. The molecule has 0 aliphatic carbocycles. The largest absolute Gasteiger partial charge is 0.489 e. The third kappa shape index (κ3) is 9.02. The van der Waals surface area contributed by atoms with Crippen LogP contribution in [0.1, 0.15) is 45.2 Å². The predicted octanol–water partition coefficient (Wildman–Crippen LogP) is 4.36. The van der Waals surface area contributed by atoms with Gasteiger partial charge in [-0.05, 0) is 69.7 Å². The monoisotopic (exact) mass is 569 g/mol. The second kappa shape index (κ2) is 13.3. The van der Waals surface area contributed by atoms with E-state index in [0.717, 1.165) is 9.87 Å². The van der Waals surface area contributed by atoms with Gasteiger partial charge in [-0.1, -0.05) is 24.3 Å². The fourth-order valence-corrected chi connectivity index (χ4v) is 5.30. The molecule has 1 saturated heterocycles. The summed E-state index contributed by atoms with van der Waals surface area (Å²) in [7, 11) is -4.07. The van der Waals surface area contributed by atoms with E-state index in [1.165, 1.54) is 0 Å². The van der Waals surface area contributed by atoms with Crippen molar-refractivity contribution >= 4 is 33.8 Å². The average Bonchev–Trinajstić information content (AvgIpc) is 3.35. The van der Waals surface area contributed by atoms with Gasteiger partial charge in [0.25, 0.3) is 0 Å². The number of carbonyl (C=O) groups excluding carboxylic acids is 2. The topological polar surface area (TPSA) is 126 Å². The van der Waals surface area contributed by atoms with Gasteiger partial charge in [0, 0.05) is 13.0 Å². The van der Waals surface area contributed by atoms with E-state index in [9.17, 15) is 18.0 Å². The minimum absolute atomic E-state index is 0.0494. The van der Waals surface area contributed by atoms with Gasteiger partial charge in [0.05, 0.1) is 37.0 Å². The maximum absolute atomic E-state index is 13.2. The van der Waals surface area contributed by atoms with E-state index < -0.39 is 27.3 Å². The summed E-state index contributed by atoms with van der Waals surface area (Å²) in [5, 5.41) is 9.11. The Balaban J connectivity index is 1.73. The van der Waals surface area contributed by atoms with Crippen molar-refractivity contribution in [3.63, 3.8) is 0 Å². The minimum atomic E-state index is -4.07. The van der Waals surface area contributed by atoms with Gasteiger partial charge in [0.1, 0.15) is 17.5 Å². The molecule has 11 heteroatoms. The van der Waals surface area contributed by atoms with Gasteiger partial charge in [-0.3, -0.25) is 9.10 Å². The minimum Gasteiger partial charge on any atom is -0.489 e. The van der Waals surface area contributed by atoms with Gasteiger partial charge in [0.15, 0.2) is 5.75 Å². The molecule has 0 spiro atoms. The van der Waals surface area contributed by atoms with Crippen molar-refractivity contribution in [2.24, 2.45) is 0 Å². The Hall–Kier alpha value is -4.04. The molecule has 0 radical (unpaired) electrons. The third-order valence-corrected chi connectivity index (χ3v) is 7.39. The fraction of sp³-hybridized carbons (Fsp3) is 0.414. The molecule has 0 bridgehead atoms. The lowest BCUT2D eigenvalue weighted by Gasteiger charge is -2.24. The van der Waals surface area contributed by atoms with Crippen LogP contribution in [0.25, 0.3) is 6.08 Å². The number of rotatable bonds is 10. The van der Waals surface area contributed by atoms with Crippen LogP contribution in [0.5, 0.6) is 5.75 Å². The lowest BCUT2D eigenvalue weighted by molar-refractivity contribution is -0.139. The SMILES string of the molecule is CCOC(=O)CS(=O)(=O)N(C/C=C/c1cccc(C#N)c1)c1ccc(OC2CCN(C(=O)OC(C)(C)C)C2)cc1. The average molecular weight is 570 g/mol. The lowest BCUT2D eigenvalue weighted by Crippen LogP contribution is -2.36. The van der Waals surface area contributed by atoms with Crippen molar-refractivity contribution < 1.29 is 32.2 Å². The lowest BCUT2D eigenvalue weighted by atomic mass is 10.1. The van der Waals surface area contributed by atoms with Crippen molar-refractivity contribution in [1.82, 2.24) is 4.90 Å². The number of hydrogen-bond donors (Lipinski definition) is 0. The van der Waals surface area contributed by atoms with Crippen molar-refractivity contribution in [3.05, 3.63) is 65.7 Å². The number of likely N-dealkylation sites (tertiary alicyclic amines) is 1. The number of ether oxygens (including phenoxy) is 3. The molecule has 1 aliphatic rings. The zero-order chi connectivity index (χ0) is 29.3. The Morgan fingerprint density at radius 1 is 1.18 bits per heavy atom. The van der Waals surface area contributed by atoms with Crippen LogP contribution in [0, 0.1) is 11.3 Å². The number of nitrogens with zero attached hydrogens (tertiary/aromatic N) is 3. The van der Waals surface area contributed by atoms with Gasteiger partial charge >= 0.3 is 12.1 Å². The first-order valence-corrected chi connectivity index (χ1v) is 14.6. The standard InChI is InChI=1S/C29H35N3O7S/c1-5-37-27(33)21-40(35,36)32(16-7-10-22-8-6-9-23(18-22)19-30)24-11-13-25(14-12-24)38-26-15-17-31(20-26)28(34)39-29(2,3)4/h6-14,18,26H,5,15-17,20-21H2,1-4H3/b10-7+. The van der Waals surface area contributed by atoms with Crippen LogP contribution in [0.3, 0.4) is 0 Å². The van der Waals surface area contributed by atoms with Crippen LogP contribution in [0.4, 0.5) is 10.5 Å². The van der Waals surface area contributed by atoms with Crippen LogP contribution in [-0.2, 0) is 24.3 Å². The summed E-state index contributed by atoms with van der Waals surface area (Å²) in [5.74, 6) is -1.13. The molecule has 0 N–H and O–H groups in total. The van der Waals surface area contributed by atoms with E-state index in [1.54, 1.807) is 72.5 Å². The summed E-state index contributed by atoms with van der Waals surface area (Å²) in [6.45, 7) is 7.97. The number of nitriles is 1. The molecule has 1 fully saturated rings. The summed E-state index contributed by atoms with van der Waals surface area (Å²) < 4.78 is 43.8. The number of amides is 1. The highest BCUT2D eigenvalue weighted by Crippen LogP contribution is 2.25. The van der Waals surface area contributed by atoms with Gasteiger partial charge in [-0.2, -0.15) is 5.26 Å². The number of anilines is 1. The van der Waals surface area contributed by atoms with Gasteiger partial charge < -0.3 is 19.1 Å². The number of carbonyl (C=O) groups is 2. The zero-order valence-electron chi connectivity index (χ0n) is 23.2. The van der Waals surface area contributed by atoms with Crippen LogP contribution in [0.2, 0.25) is 0 Å². The quantitative estimate of drug-likeness (QED) is 0.387. The molecule has 1 amide bonds. The third-order valence-electron chi connectivity index (χ3n) is 5.76. The molecule has 214 valence electrons. The first-order valence-electron chi connectivity index (χ1n) is 13.0. The first-order chi connectivity index (χ1) is 18.9. The van der Waals surface area contributed by atoms with Crippen molar-refractivity contribution in [1.29, 1.82) is 5.26 Å². The fourth-order valence-electron chi connectivity index (χ4n) is 4.01. The molecule has 1 heterocycles. The Bertz CT molecular complexity index is 1360. The molecule has 0 aromatic heterocycles. The maximum atomic E-state index is 13.2. The van der Waals surface area contributed by atoms with Crippen molar-refractivity contribution in [2.45, 2.75) is 45.8 Å². The highest BCUT2D eigenvalue weighted by molar-refractivity contribution is 7.93. The zero-order valence-corrected chi connectivity index (χ0v) is 24.0. The highest BCUT2D eigenvalue weighted by Gasteiger charge is 2.31. The molecular formula is C29H35N3O7S. The van der Waals surface area contributed by atoms with E-state index in [-0.39, 0.29) is 25.3 Å². The summed E-state index contributed by atoms with van der Waals surface area (Å²) in [6.07, 6.45) is 3.38. The molecule has 1 unspecified atom stereocenters. The van der Waals surface area contributed by atoms with E-state index in [4.69, 9.17) is 19.5 Å².